The zero-order valence-corrected chi connectivity index (χ0v) is 25.4. The molecule has 0 unspecified atom stereocenters. The van der Waals surface area contributed by atoms with Crippen LogP contribution in [0.1, 0.15) is 16.7 Å². The van der Waals surface area contributed by atoms with Gasteiger partial charge in [-0.15, -0.1) is 0 Å². The van der Waals surface area contributed by atoms with E-state index in [9.17, 15) is 13.2 Å². The standard InChI is InChI=1S/C30H27BrClN3O5S/c1-21-7-11-24(12-8-21)35(41(37,38)26-15-16-29(39-2)27(31)17-26)19-30(36)34-33-18-22-9-13-25(14-10-22)40-20-23-5-3-4-6-28(23)32/h3-18H,19-20H2,1-2H3,(H,34,36)/b33-18-. The van der Waals surface area contributed by atoms with Gasteiger partial charge in [0.1, 0.15) is 24.7 Å². The van der Waals surface area contributed by atoms with E-state index in [0.717, 1.165) is 15.4 Å². The van der Waals surface area contributed by atoms with Gasteiger partial charge in [0.15, 0.2) is 0 Å². The molecular weight excluding hydrogens is 630 g/mol. The largest absolute Gasteiger partial charge is 0.496 e. The van der Waals surface area contributed by atoms with Crippen molar-refractivity contribution in [3.63, 3.8) is 0 Å². The van der Waals surface area contributed by atoms with Gasteiger partial charge in [-0.25, -0.2) is 13.8 Å². The molecule has 0 aliphatic carbocycles. The van der Waals surface area contributed by atoms with Crippen LogP contribution < -0.4 is 19.2 Å². The van der Waals surface area contributed by atoms with E-state index in [1.165, 1.54) is 25.5 Å². The molecule has 0 saturated heterocycles. The maximum Gasteiger partial charge on any atom is 0.264 e. The summed E-state index contributed by atoms with van der Waals surface area (Å²) in [5.74, 6) is 0.519. The minimum Gasteiger partial charge on any atom is -0.496 e. The zero-order valence-electron chi connectivity index (χ0n) is 22.3. The second-order valence-electron chi connectivity index (χ2n) is 8.89. The first-order chi connectivity index (χ1) is 19.7. The van der Waals surface area contributed by atoms with E-state index in [1.807, 2.05) is 31.2 Å². The van der Waals surface area contributed by atoms with Gasteiger partial charge in [-0.05, 0) is 89.1 Å². The molecule has 1 N–H and O–H groups in total. The van der Waals surface area contributed by atoms with Crippen molar-refractivity contribution in [3.05, 3.63) is 117 Å². The van der Waals surface area contributed by atoms with Crippen LogP contribution in [0.2, 0.25) is 5.02 Å². The molecule has 8 nitrogen and oxygen atoms in total. The number of ether oxygens (including phenoxy) is 2. The Hall–Kier alpha value is -3.86. The Kier molecular flexibility index (Phi) is 10.0. The van der Waals surface area contributed by atoms with Crippen LogP contribution in [0.5, 0.6) is 11.5 Å². The summed E-state index contributed by atoms with van der Waals surface area (Å²) >= 11 is 9.50. The summed E-state index contributed by atoms with van der Waals surface area (Å²) in [5.41, 5.74) is 5.29. The number of rotatable bonds is 11. The summed E-state index contributed by atoms with van der Waals surface area (Å²) in [7, 11) is -2.62. The van der Waals surface area contributed by atoms with Gasteiger partial charge in [-0.1, -0.05) is 47.5 Å². The fourth-order valence-electron chi connectivity index (χ4n) is 3.73. The summed E-state index contributed by atoms with van der Waals surface area (Å²) in [4.78, 5) is 12.8. The van der Waals surface area contributed by atoms with Crippen molar-refractivity contribution in [1.82, 2.24) is 5.43 Å². The number of aryl methyl sites for hydroxylation is 1. The van der Waals surface area contributed by atoms with Crippen molar-refractivity contribution >= 4 is 55.4 Å². The number of carbonyl (C=O) groups is 1. The molecule has 0 atom stereocenters. The number of hydrogen-bond donors (Lipinski definition) is 1. The van der Waals surface area contributed by atoms with Crippen LogP contribution in [-0.2, 0) is 21.4 Å². The zero-order chi connectivity index (χ0) is 29.4. The Morgan fingerprint density at radius 2 is 1.73 bits per heavy atom. The molecule has 0 heterocycles. The maximum absolute atomic E-state index is 13.6. The van der Waals surface area contributed by atoms with E-state index in [1.54, 1.807) is 54.6 Å². The summed E-state index contributed by atoms with van der Waals surface area (Å²) in [5, 5.41) is 4.64. The van der Waals surface area contributed by atoms with E-state index < -0.39 is 22.5 Å². The topological polar surface area (TPSA) is 97.3 Å². The first-order valence-corrected chi connectivity index (χ1v) is 15.0. The second kappa shape index (κ2) is 13.7. The maximum atomic E-state index is 13.6. The molecular formula is C30H27BrClN3O5S. The van der Waals surface area contributed by atoms with Gasteiger partial charge in [0, 0.05) is 10.6 Å². The smallest absolute Gasteiger partial charge is 0.264 e. The number of nitrogens with one attached hydrogen (secondary N) is 1. The Morgan fingerprint density at radius 1 is 1.02 bits per heavy atom. The van der Waals surface area contributed by atoms with E-state index in [0.29, 0.717) is 38.9 Å². The monoisotopic (exact) mass is 655 g/mol. The number of hydrazone groups is 1. The third-order valence-electron chi connectivity index (χ3n) is 5.96. The van der Waals surface area contributed by atoms with Crippen LogP contribution in [0.3, 0.4) is 0 Å². The van der Waals surface area contributed by atoms with Crippen LogP contribution in [0.15, 0.2) is 105 Å². The highest BCUT2D eigenvalue weighted by atomic mass is 79.9. The molecule has 0 spiro atoms. The Bertz CT molecular complexity index is 1650. The molecule has 1 amide bonds. The van der Waals surface area contributed by atoms with Gasteiger partial charge in [0.05, 0.1) is 28.4 Å². The molecule has 0 aliphatic heterocycles. The molecule has 0 radical (unpaired) electrons. The number of sulfonamides is 1. The number of halogens is 2. The summed E-state index contributed by atoms with van der Waals surface area (Å²) in [6.07, 6.45) is 1.46. The average Bonchev–Trinajstić information content (AvgIpc) is 2.96. The predicted molar refractivity (Wildman–Crippen MR) is 164 cm³/mol. The van der Waals surface area contributed by atoms with Crippen molar-refractivity contribution in [1.29, 1.82) is 0 Å². The molecule has 0 aromatic heterocycles. The molecule has 0 fully saturated rings. The van der Waals surface area contributed by atoms with Gasteiger partial charge < -0.3 is 9.47 Å². The number of nitrogens with zero attached hydrogens (tertiary/aromatic N) is 2. The second-order valence-corrected chi connectivity index (χ2v) is 12.0. The van der Waals surface area contributed by atoms with Crippen LogP contribution in [0.4, 0.5) is 5.69 Å². The predicted octanol–water partition coefficient (Wildman–Crippen LogP) is 6.34. The molecule has 0 bridgehead atoms. The Morgan fingerprint density at radius 3 is 2.39 bits per heavy atom. The molecule has 4 rings (SSSR count). The first-order valence-electron chi connectivity index (χ1n) is 12.4. The molecule has 41 heavy (non-hydrogen) atoms. The lowest BCUT2D eigenvalue weighted by Crippen LogP contribution is -2.39. The highest BCUT2D eigenvalue weighted by Gasteiger charge is 2.28. The summed E-state index contributed by atoms with van der Waals surface area (Å²) < 4.78 is 39.7. The van der Waals surface area contributed by atoms with Gasteiger partial charge in [0.25, 0.3) is 15.9 Å². The van der Waals surface area contributed by atoms with Crippen LogP contribution in [0.25, 0.3) is 0 Å². The average molecular weight is 657 g/mol. The van der Waals surface area contributed by atoms with E-state index in [2.05, 4.69) is 26.5 Å². The highest BCUT2D eigenvalue weighted by molar-refractivity contribution is 9.10. The normalized spacial score (nSPS) is 11.3. The number of benzene rings is 4. The summed E-state index contributed by atoms with van der Waals surface area (Å²) in [6, 6.07) is 25.8. The molecule has 212 valence electrons. The minimum absolute atomic E-state index is 0.00102. The van der Waals surface area contributed by atoms with Crippen molar-refractivity contribution in [3.8, 4) is 11.5 Å². The van der Waals surface area contributed by atoms with Gasteiger partial charge in [-0.3, -0.25) is 9.10 Å². The van der Waals surface area contributed by atoms with E-state index in [-0.39, 0.29) is 4.90 Å². The first kappa shape index (κ1) is 30.1. The quantitative estimate of drug-likeness (QED) is 0.150. The molecule has 4 aromatic rings. The molecule has 0 saturated carbocycles. The molecule has 11 heteroatoms. The van der Waals surface area contributed by atoms with Crippen molar-refractivity contribution < 1.29 is 22.7 Å². The van der Waals surface area contributed by atoms with Crippen molar-refractivity contribution in [2.24, 2.45) is 5.10 Å². The van der Waals surface area contributed by atoms with Gasteiger partial charge in [-0.2, -0.15) is 5.10 Å². The number of methoxy groups -OCH3 is 1. The fourth-order valence-corrected chi connectivity index (χ4v) is 6.06. The van der Waals surface area contributed by atoms with Gasteiger partial charge >= 0.3 is 0 Å². The molecule has 4 aromatic carbocycles. The Labute approximate surface area is 252 Å². The third-order valence-corrected chi connectivity index (χ3v) is 8.71. The summed E-state index contributed by atoms with van der Waals surface area (Å²) in [6.45, 7) is 1.74. The van der Waals surface area contributed by atoms with Crippen molar-refractivity contribution in [2.75, 3.05) is 18.0 Å². The lowest BCUT2D eigenvalue weighted by atomic mass is 10.2. The van der Waals surface area contributed by atoms with Crippen LogP contribution in [-0.4, -0.2) is 34.2 Å². The fraction of sp³-hybridized carbons (Fsp3) is 0.133. The van der Waals surface area contributed by atoms with Crippen molar-refractivity contribution in [2.45, 2.75) is 18.4 Å². The Balaban J connectivity index is 1.43. The van der Waals surface area contributed by atoms with E-state index >= 15 is 0 Å². The van der Waals surface area contributed by atoms with Crippen LogP contribution in [0, 0.1) is 6.92 Å². The number of hydrogen-bond acceptors (Lipinski definition) is 6. The number of amides is 1. The highest BCUT2D eigenvalue weighted by Crippen LogP contribution is 2.30. The lowest BCUT2D eigenvalue weighted by molar-refractivity contribution is -0.119. The third kappa shape index (κ3) is 7.87. The molecule has 0 aliphatic rings. The van der Waals surface area contributed by atoms with E-state index in [4.69, 9.17) is 21.1 Å². The van der Waals surface area contributed by atoms with Crippen LogP contribution >= 0.6 is 27.5 Å². The SMILES string of the molecule is COc1ccc(S(=O)(=O)N(CC(=O)N/N=C\c2ccc(OCc3ccccc3Cl)cc2)c2ccc(C)cc2)cc1Br. The number of carbonyl (C=O) groups excluding carboxylic acids is 1. The lowest BCUT2D eigenvalue weighted by Gasteiger charge is -2.24. The number of anilines is 1. The van der Waals surface area contributed by atoms with Gasteiger partial charge in [0.2, 0.25) is 0 Å². The minimum atomic E-state index is -4.11.